The Hall–Kier alpha value is -2.10. The maximum Gasteiger partial charge on any atom is 0.143 e. The van der Waals surface area contributed by atoms with Gasteiger partial charge in [0.1, 0.15) is 11.4 Å². The standard InChI is InChI=1S/C17H12Cl2N2O/c1-10-8-13(18)14(19)9-15(10)20-21-17-12-5-3-2-4-11(12)6-7-16(17)22/h2-9,22H,1H3. The normalized spacial score (nSPS) is 11.4. The van der Waals surface area contributed by atoms with Crippen molar-refractivity contribution in [1.29, 1.82) is 0 Å². The van der Waals surface area contributed by atoms with E-state index in [0.29, 0.717) is 21.4 Å². The van der Waals surface area contributed by atoms with Gasteiger partial charge < -0.3 is 5.11 Å². The fraction of sp³-hybridized carbons (Fsp3) is 0.0588. The third-order valence-electron chi connectivity index (χ3n) is 3.38. The van der Waals surface area contributed by atoms with Gasteiger partial charge in [-0.05, 0) is 36.1 Å². The molecule has 0 heterocycles. The molecule has 1 N–H and O–H groups in total. The predicted molar refractivity (Wildman–Crippen MR) is 91.0 cm³/mol. The van der Waals surface area contributed by atoms with E-state index >= 15 is 0 Å². The van der Waals surface area contributed by atoms with Crippen LogP contribution in [0.5, 0.6) is 5.75 Å². The molecule has 0 fully saturated rings. The third kappa shape index (κ3) is 2.78. The van der Waals surface area contributed by atoms with Gasteiger partial charge in [0.25, 0.3) is 0 Å². The maximum absolute atomic E-state index is 10.1. The summed E-state index contributed by atoms with van der Waals surface area (Å²) in [7, 11) is 0. The molecule has 0 amide bonds. The number of fused-ring (bicyclic) bond motifs is 1. The highest BCUT2D eigenvalue weighted by molar-refractivity contribution is 6.42. The largest absolute Gasteiger partial charge is 0.506 e. The Morgan fingerprint density at radius 1 is 0.909 bits per heavy atom. The number of phenolic OH excluding ortho intramolecular Hbond substituents is 1. The summed E-state index contributed by atoms with van der Waals surface area (Å²) in [5, 5.41) is 21.2. The molecular weight excluding hydrogens is 319 g/mol. The summed E-state index contributed by atoms with van der Waals surface area (Å²) < 4.78 is 0. The zero-order chi connectivity index (χ0) is 15.7. The van der Waals surface area contributed by atoms with E-state index in [1.807, 2.05) is 37.3 Å². The number of hydrogen-bond acceptors (Lipinski definition) is 3. The summed E-state index contributed by atoms with van der Waals surface area (Å²) in [6.45, 7) is 1.87. The number of nitrogens with zero attached hydrogens (tertiary/aromatic N) is 2. The van der Waals surface area contributed by atoms with Crippen LogP contribution in [0.4, 0.5) is 11.4 Å². The molecule has 0 spiro atoms. The lowest BCUT2D eigenvalue weighted by molar-refractivity contribution is 0.477. The number of halogens is 2. The summed E-state index contributed by atoms with van der Waals surface area (Å²) in [4.78, 5) is 0. The minimum absolute atomic E-state index is 0.0835. The van der Waals surface area contributed by atoms with Crippen molar-refractivity contribution in [2.24, 2.45) is 10.2 Å². The third-order valence-corrected chi connectivity index (χ3v) is 4.10. The Balaban J connectivity index is 2.10. The fourth-order valence-corrected chi connectivity index (χ4v) is 2.57. The minimum atomic E-state index is 0.0835. The van der Waals surface area contributed by atoms with Gasteiger partial charge in [-0.15, -0.1) is 5.11 Å². The van der Waals surface area contributed by atoms with Gasteiger partial charge in [-0.1, -0.05) is 53.5 Å². The lowest BCUT2D eigenvalue weighted by atomic mass is 10.1. The molecule has 22 heavy (non-hydrogen) atoms. The van der Waals surface area contributed by atoms with Crippen molar-refractivity contribution >= 4 is 45.3 Å². The number of benzene rings is 3. The highest BCUT2D eigenvalue weighted by atomic mass is 35.5. The van der Waals surface area contributed by atoms with Crippen LogP contribution in [-0.4, -0.2) is 5.11 Å². The van der Waals surface area contributed by atoms with Crippen LogP contribution in [0, 0.1) is 6.92 Å². The molecule has 0 aliphatic carbocycles. The van der Waals surface area contributed by atoms with Crippen molar-refractivity contribution in [3.8, 4) is 5.75 Å². The van der Waals surface area contributed by atoms with Crippen LogP contribution in [0.2, 0.25) is 10.0 Å². The number of azo groups is 1. The highest BCUT2D eigenvalue weighted by Gasteiger charge is 2.07. The van der Waals surface area contributed by atoms with Crippen LogP contribution >= 0.6 is 23.2 Å². The zero-order valence-electron chi connectivity index (χ0n) is 11.7. The van der Waals surface area contributed by atoms with Crippen LogP contribution < -0.4 is 0 Å². The van der Waals surface area contributed by atoms with Crippen molar-refractivity contribution in [1.82, 2.24) is 0 Å². The molecule has 3 aromatic carbocycles. The smallest absolute Gasteiger partial charge is 0.143 e. The van der Waals surface area contributed by atoms with Crippen LogP contribution in [0.3, 0.4) is 0 Å². The summed E-state index contributed by atoms with van der Waals surface area (Å²) in [5.41, 5.74) is 1.91. The van der Waals surface area contributed by atoms with E-state index in [9.17, 15) is 5.11 Å². The Bertz CT molecular complexity index is 891. The summed E-state index contributed by atoms with van der Waals surface area (Å²) >= 11 is 12.0. The molecule has 0 aliphatic heterocycles. The first kappa shape index (κ1) is 14.8. The van der Waals surface area contributed by atoms with Crippen molar-refractivity contribution in [2.45, 2.75) is 6.92 Å². The maximum atomic E-state index is 10.1. The second-order valence-electron chi connectivity index (χ2n) is 4.91. The van der Waals surface area contributed by atoms with Crippen LogP contribution in [-0.2, 0) is 0 Å². The molecule has 0 atom stereocenters. The first-order valence-electron chi connectivity index (χ1n) is 6.64. The van der Waals surface area contributed by atoms with E-state index < -0.39 is 0 Å². The van der Waals surface area contributed by atoms with Crippen LogP contribution in [0.25, 0.3) is 10.8 Å². The van der Waals surface area contributed by atoms with Crippen molar-refractivity contribution in [3.05, 3.63) is 64.1 Å². The second-order valence-corrected chi connectivity index (χ2v) is 5.72. The average Bonchev–Trinajstić information content (AvgIpc) is 2.51. The van der Waals surface area contributed by atoms with Gasteiger partial charge in [0.2, 0.25) is 0 Å². The van der Waals surface area contributed by atoms with E-state index in [1.165, 1.54) is 0 Å². The Kier molecular flexibility index (Phi) is 4.01. The monoisotopic (exact) mass is 330 g/mol. The van der Waals surface area contributed by atoms with E-state index in [0.717, 1.165) is 16.3 Å². The van der Waals surface area contributed by atoms with Gasteiger partial charge >= 0.3 is 0 Å². The molecule has 0 aromatic heterocycles. The number of rotatable bonds is 2. The molecular formula is C17H12Cl2N2O. The topological polar surface area (TPSA) is 45.0 Å². The lowest BCUT2D eigenvalue weighted by Crippen LogP contribution is -1.77. The molecule has 0 bridgehead atoms. The molecule has 5 heteroatoms. The lowest BCUT2D eigenvalue weighted by Gasteiger charge is -2.05. The van der Waals surface area contributed by atoms with Crippen LogP contribution in [0.15, 0.2) is 58.8 Å². The first-order valence-corrected chi connectivity index (χ1v) is 7.40. The van der Waals surface area contributed by atoms with Gasteiger partial charge in [-0.2, -0.15) is 5.11 Å². The second kappa shape index (κ2) is 5.95. The molecule has 3 nitrogen and oxygen atoms in total. The number of phenols is 1. The average molecular weight is 331 g/mol. The molecule has 3 aromatic rings. The van der Waals surface area contributed by atoms with Crippen molar-refractivity contribution in [3.63, 3.8) is 0 Å². The van der Waals surface area contributed by atoms with Gasteiger partial charge in [-0.3, -0.25) is 0 Å². The van der Waals surface area contributed by atoms with E-state index in [-0.39, 0.29) is 5.75 Å². The molecule has 0 unspecified atom stereocenters. The summed E-state index contributed by atoms with van der Waals surface area (Å²) in [5.74, 6) is 0.0835. The number of aryl methyl sites for hydroxylation is 1. The molecule has 0 saturated heterocycles. The molecule has 0 radical (unpaired) electrons. The van der Waals surface area contributed by atoms with E-state index in [4.69, 9.17) is 23.2 Å². The highest BCUT2D eigenvalue weighted by Crippen LogP contribution is 2.37. The predicted octanol–water partition coefficient (Wildman–Crippen LogP) is 6.58. The van der Waals surface area contributed by atoms with Gasteiger partial charge in [0.05, 0.1) is 15.7 Å². The minimum Gasteiger partial charge on any atom is -0.506 e. The Morgan fingerprint density at radius 2 is 1.64 bits per heavy atom. The molecule has 3 rings (SSSR count). The Morgan fingerprint density at radius 3 is 2.45 bits per heavy atom. The quantitative estimate of drug-likeness (QED) is 0.530. The van der Waals surface area contributed by atoms with Crippen molar-refractivity contribution < 1.29 is 5.11 Å². The van der Waals surface area contributed by atoms with E-state index in [1.54, 1.807) is 18.2 Å². The Labute approximate surface area is 137 Å². The van der Waals surface area contributed by atoms with Gasteiger partial charge in [0, 0.05) is 5.39 Å². The summed E-state index contributed by atoms with van der Waals surface area (Å²) in [6, 6.07) is 14.5. The van der Waals surface area contributed by atoms with Gasteiger partial charge in [0.15, 0.2) is 0 Å². The van der Waals surface area contributed by atoms with Crippen LogP contribution in [0.1, 0.15) is 5.56 Å². The SMILES string of the molecule is Cc1cc(Cl)c(Cl)cc1N=Nc1c(O)ccc2ccccc12. The van der Waals surface area contributed by atoms with Gasteiger partial charge in [-0.25, -0.2) is 0 Å². The molecule has 0 aliphatic rings. The molecule has 110 valence electrons. The zero-order valence-corrected chi connectivity index (χ0v) is 13.2. The van der Waals surface area contributed by atoms with Crippen molar-refractivity contribution in [2.75, 3.05) is 0 Å². The summed E-state index contributed by atoms with van der Waals surface area (Å²) in [6.07, 6.45) is 0. The first-order chi connectivity index (χ1) is 10.6. The number of aromatic hydroxyl groups is 1. The number of hydrogen-bond donors (Lipinski definition) is 1. The fourth-order valence-electron chi connectivity index (χ4n) is 2.20. The van der Waals surface area contributed by atoms with E-state index in [2.05, 4.69) is 10.2 Å². The molecule has 0 saturated carbocycles.